The van der Waals surface area contributed by atoms with Crippen LogP contribution in [0.1, 0.15) is 33.3 Å². The maximum absolute atomic E-state index is 13.7. The average Bonchev–Trinajstić information content (AvgIpc) is 3.40. The van der Waals surface area contributed by atoms with E-state index >= 15 is 0 Å². The fourth-order valence-electron chi connectivity index (χ4n) is 4.43. The quantitative estimate of drug-likeness (QED) is 0.342. The third-order valence-electron chi connectivity index (χ3n) is 6.35. The first-order chi connectivity index (χ1) is 18.0. The van der Waals surface area contributed by atoms with Crippen molar-refractivity contribution in [3.8, 4) is 11.5 Å². The van der Waals surface area contributed by atoms with Gasteiger partial charge in [0.1, 0.15) is 30.5 Å². The second-order valence-electron chi connectivity index (χ2n) is 8.72. The number of amides is 2. The number of methoxy groups -OCH3 is 2. The van der Waals surface area contributed by atoms with Gasteiger partial charge in [0.15, 0.2) is 0 Å². The van der Waals surface area contributed by atoms with E-state index in [-0.39, 0.29) is 36.8 Å². The van der Waals surface area contributed by atoms with E-state index < -0.39 is 0 Å². The van der Waals surface area contributed by atoms with E-state index in [0.717, 1.165) is 12.0 Å². The second-order valence-corrected chi connectivity index (χ2v) is 9.72. The number of halogens is 1. The van der Waals surface area contributed by atoms with E-state index in [2.05, 4.69) is 0 Å². The summed E-state index contributed by atoms with van der Waals surface area (Å²) in [5, 5.41) is 2.01. The Morgan fingerprint density at radius 3 is 2.65 bits per heavy atom. The zero-order valence-electron chi connectivity index (χ0n) is 21.0. The Morgan fingerprint density at radius 1 is 1.11 bits per heavy atom. The van der Waals surface area contributed by atoms with Gasteiger partial charge in [-0.2, -0.15) is 0 Å². The number of hydrogen-bond donors (Lipinski definition) is 0. The van der Waals surface area contributed by atoms with Crippen LogP contribution in [0.3, 0.4) is 0 Å². The van der Waals surface area contributed by atoms with Gasteiger partial charge in [0.25, 0.3) is 5.91 Å². The molecule has 0 aliphatic carbocycles. The summed E-state index contributed by atoms with van der Waals surface area (Å²) < 4.78 is 29.9. The van der Waals surface area contributed by atoms with E-state index in [1.54, 1.807) is 71.8 Å². The lowest BCUT2D eigenvalue weighted by atomic mass is 10.0. The Hall–Kier alpha value is -3.43. The Labute approximate surface area is 220 Å². The summed E-state index contributed by atoms with van der Waals surface area (Å²) >= 11 is 1.66. The highest BCUT2D eigenvalue weighted by Gasteiger charge is 2.33. The molecule has 2 aromatic carbocycles. The molecule has 1 atom stereocenters. The molecule has 1 aliphatic heterocycles. The van der Waals surface area contributed by atoms with Crippen LogP contribution in [-0.4, -0.2) is 68.7 Å². The number of fused-ring (bicyclic) bond motifs is 1. The minimum absolute atomic E-state index is 0.0650. The predicted octanol–water partition coefficient (Wildman–Crippen LogP) is 4.58. The van der Waals surface area contributed by atoms with Gasteiger partial charge in [-0.05, 0) is 66.2 Å². The molecule has 0 bridgehead atoms. The van der Waals surface area contributed by atoms with Crippen LogP contribution >= 0.6 is 11.3 Å². The summed E-state index contributed by atoms with van der Waals surface area (Å²) in [6.07, 6.45) is 1.35. The Bertz CT molecular complexity index is 1200. The second kappa shape index (κ2) is 12.7. The molecule has 0 saturated carbocycles. The molecule has 0 fully saturated rings. The fourth-order valence-corrected chi connectivity index (χ4v) is 5.36. The molecule has 0 unspecified atom stereocenters. The molecule has 2 heterocycles. The fraction of sp³-hybridized carbons (Fsp3) is 0.357. The van der Waals surface area contributed by atoms with Crippen LogP contribution in [-0.2, 0) is 16.0 Å². The summed E-state index contributed by atoms with van der Waals surface area (Å²) in [5.41, 5.74) is 1.52. The Morgan fingerprint density at radius 2 is 1.92 bits per heavy atom. The van der Waals surface area contributed by atoms with Crippen molar-refractivity contribution < 1.29 is 28.2 Å². The summed E-state index contributed by atoms with van der Waals surface area (Å²) in [6, 6.07) is 14.5. The smallest absolute Gasteiger partial charge is 0.254 e. The van der Waals surface area contributed by atoms with Crippen LogP contribution in [0.2, 0.25) is 0 Å². The maximum atomic E-state index is 13.7. The number of hydrogen-bond acceptors (Lipinski definition) is 6. The zero-order chi connectivity index (χ0) is 26.2. The lowest BCUT2D eigenvalue weighted by Gasteiger charge is -2.37. The first-order valence-corrected chi connectivity index (χ1v) is 13.0. The average molecular weight is 527 g/mol. The number of nitrogens with zero attached hydrogens (tertiary/aromatic N) is 2. The molecule has 7 nitrogen and oxygen atoms in total. The summed E-state index contributed by atoms with van der Waals surface area (Å²) in [5.74, 6) is 0.288. The van der Waals surface area contributed by atoms with Crippen molar-refractivity contribution in [3.05, 3.63) is 81.8 Å². The molecule has 0 radical (unpaired) electrons. The van der Waals surface area contributed by atoms with Gasteiger partial charge in [0, 0.05) is 43.3 Å². The van der Waals surface area contributed by atoms with Crippen molar-refractivity contribution in [2.45, 2.75) is 18.9 Å². The predicted molar refractivity (Wildman–Crippen MR) is 140 cm³/mol. The van der Waals surface area contributed by atoms with Crippen molar-refractivity contribution in [3.63, 3.8) is 0 Å². The molecule has 0 spiro atoms. The van der Waals surface area contributed by atoms with E-state index in [9.17, 15) is 14.0 Å². The molecular weight excluding hydrogens is 495 g/mol. The van der Waals surface area contributed by atoms with Crippen LogP contribution in [0.4, 0.5) is 4.39 Å². The first-order valence-electron chi connectivity index (χ1n) is 12.2. The van der Waals surface area contributed by atoms with E-state index in [4.69, 9.17) is 14.2 Å². The number of rotatable bonds is 11. The van der Waals surface area contributed by atoms with Crippen molar-refractivity contribution >= 4 is 23.2 Å². The lowest BCUT2D eigenvalue weighted by molar-refractivity contribution is -0.135. The van der Waals surface area contributed by atoms with Gasteiger partial charge in [-0.25, -0.2) is 4.39 Å². The van der Waals surface area contributed by atoms with Gasteiger partial charge in [0.2, 0.25) is 5.91 Å². The van der Waals surface area contributed by atoms with Gasteiger partial charge in [-0.15, -0.1) is 11.3 Å². The van der Waals surface area contributed by atoms with E-state index in [1.165, 1.54) is 17.0 Å². The van der Waals surface area contributed by atoms with Gasteiger partial charge in [-0.1, -0.05) is 6.07 Å². The molecule has 196 valence electrons. The summed E-state index contributed by atoms with van der Waals surface area (Å²) in [7, 11) is 3.18. The Kier molecular flexibility index (Phi) is 9.14. The topological polar surface area (TPSA) is 68.3 Å². The first kappa shape index (κ1) is 26.6. The summed E-state index contributed by atoms with van der Waals surface area (Å²) in [4.78, 5) is 31.6. The monoisotopic (exact) mass is 526 g/mol. The van der Waals surface area contributed by atoms with Crippen LogP contribution < -0.4 is 9.47 Å². The standard InChI is InChI=1S/C28H31FN2O5S/c1-34-15-4-13-30(28(33)20-7-9-22(35-2)10-8-20)18-27(32)31-14-11-26-24(12-16-37-26)25(31)19-36-23-6-3-5-21(29)17-23/h3,5-10,12,16-17,25H,4,11,13-15,18-19H2,1-2H3/t25-/m1/s1. The normalized spacial score (nSPS) is 14.7. The highest BCUT2D eigenvalue weighted by Crippen LogP contribution is 2.34. The number of benzene rings is 2. The highest BCUT2D eigenvalue weighted by atomic mass is 32.1. The van der Waals surface area contributed by atoms with Crippen molar-refractivity contribution in [2.24, 2.45) is 0 Å². The third kappa shape index (κ3) is 6.67. The number of thiophene rings is 1. The van der Waals surface area contributed by atoms with Crippen LogP contribution in [0.15, 0.2) is 60.0 Å². The van der Waals surface area contributed by atoms with Crippen molar-refractivity contribution in [2.75, 3.05) is 47.1 Å². The summed E-state index contributed by atoms with van der Waals surface area (Å²) in [6.45, 7) is 1.50. The van der Waals surface area contributed by atoms with Gasteiger partial charge >= 0.3 is 0 Å². The molecule has 1 aromatic heterocycles. The van der Waals surface area contributed by atoms with E-state index in [1.807, 2.05) is 11.4 Å². The molecule has 3 aromatic rings. The molecule has 9 heteroatoms. The molecule has 37 heavy (non-hydrogen) atoms. The third-order valence-corrected chi connectivity index (χ3v) is 7.34. The molecule has 0 N–H and O–H groups in total. The van der Waals surface area contributed by atoms with Crippen LogP contribution in [0.5, 0.6) is 11.5 Å². The lowest BCUT2D eigenvalue weighted by Crippen LogP contribution is -2.48. The molecule has 4 rings (SSSR count). The van der Waals surface area contributed by atoms with Crippen molar-refractivity contribution in [1.29, 1.82) is 0 Å². The molecule has 0 saturated heterocycles. The maximum Gasteiger partial charge on any atom is 0.254 e. The number of carbonyl (C=O) groups excluding carboxylic acids is 2. The van der Waals surface area contributed by atoms with E-state index in [0.29, 0.717) is 43.2 Å². The molecule has 2 amide bonds. The SMILES string of the molecule is COCCCN(CC(=O)N1CCc2sccc2[C@H]1COc1cccc(F)c1)C(=O)c1ccc(OC)cc1. The van der Waals surface area contributed by atoms with Crippen LogP contribution in [0.25, 0.3) is 0 Å². The largest absolute Gasteiger partial charge is 0.497 e. The molecule has 1 aliphatic rings. The highest BCUT2D eigenvalue weighted by molar-refractivity contribution is 7.10. The van der Waals surface area contributed by atoms with Crippen molar-refractivity contribution in [1.82, 2.24) is 9.80 Å². The Balaban J connectivity index is 1.51. The number of ether oxygens (including phenoxy) is 3. The molecular formula is C28H31FN2O5S. The minimum Gasteiger partial charge on any atom is -0.497 e. The zero-order valence-corrected chi connectivity index (χ0v) is 21.8. The van der Waals surface area contributed by atoms with Gasteiger partial charge < -0.3 is 24.0 Å². The van der Waals surface area contributed by atoms with Gasteiger partial charge in [-0.3, -0.25) is 9.59 Å². The number of carbonyl (C=O) groups is 2. The van der Waals surface area contributed by atoms with Crippen LogP contribution in [0, 0.1) is 5.82 Å². The minimum atomic E-state index is -0.381. The van der Waals surface area contributed by atoms with Gasteiger partial charge in [0.05, 0.1) is 13.2 Å².